The van der Waals surface area contributed by atoms with E-state index >= 15 is 0 Å². The molecule has 1 amide bonds. The van der Waals surface area contributed by atoms with Crippen molar-refractivity contribution in [3.63, 3.8) is 0 Å². The minimum atomic E-state index is 0. The fraction of sp³-hybridized carbons (Fsp3) is 0.591. The van der Waals surface area contributed by atoms with Gasteiger partial charge in [0.15, 0.2) is 0 Å². The Hall–Kier alpha value is -2.12. The van der Waals surface area contributed by atoms with Crippen molar-refractivity contribution < 1.29 is 14.1 Å². The molecule has 30 heavy (non-hydrogen) atoms. The predicted molar refractivity (Wildman–Crippen MR) is 116 cm³/mol. The number of nitrogens with one attached hydrogen (secondary N) is 1. The van der Waals surface area contributed by atoms with E-state index in [0.717, 1.165) is 24.2 Å². The number of ether oxygens (including phenoxy) is 1. The maximum absolute atomic E-state index is 12.5. The molecule has 3 N–H and O–H groups in total. The molecule has 2 aliphatic carbocycles. The van der Waals surface area contributed by atoms with E-state index in [-0.39, 0.29) is 30.4 Å². The number of rotatable bonds is 7. The van der Waals surface area contributed by atoms with Crippen LogP contribution < -0.4 is 15.8 Å². The standard InChI is InChI=1S/C22H30N4O3.ClH/c1-2-28-18-8-6-14(7-9-18)22-25-20(29-26-22)11-10-19(27)24-21-15-4-3-5-16(21)13-17(23)12-15;/h6-9,15-17,21H,2-5,10-13,23H2,1H3,(H,24,27);1H. The van der Waals surface area contributed by atoms with Gasteiger partial charge in [0.1, 0.15) is 5.75 Å². The van der Waals surface area contributed by atoms with Crippen molar-refractivity contribution in [3.05, 3.63) is 30.2 Å². The SMILES string of the molecule is CCOc1ccc(-c2noc(CCC(=O)NC3C4CCCC3CC(N)C4)n2)cc1.Cl. The van der Waals surface area contributed by atoms with Gasteiger partial charge in [0.2, 0.25) is 17.6 Å². The lowest BCUT2D eigenvalue weighted by Gasteiger charge is -2.45. The molecular formula is C22H31ClN4O3. The van der Waals surface area contributed by atoms with Crippen LogP contribution in [0.15, 0.2) is 28.8 Å². The molecule has 4 rings (SSSR count). The van der Waals surface area contributed by atoms with E-state index in [1.165, 1.54) is 19.3 Å². The number of carbonyl (C=O) groups excluding carboxylic acids is 1. The topological polar surface area (TPSA) is 103 Å². The number of nitrogens with two attached hydrogens (primary N) is 1. The van der Waals surface area contributed by atoms with Gasteiger partial charge in [0.05, 0.1) is 6.61 Å². The number of aromatic nitrogens is 2. The third-order valence-corrected chi connectivity index (χ3v) is 6.16. The second-order valence-electron chi connectivity index (χ2n) is 8.24. The first kappa shape index (κ1) is 22.6. The minimum Gasteiger partial charge on any atom is -0.494 e. The number of aryl methyl sites for hydroxylation is 1. The molecule has 2 bridgehead atoms. The molecule has 0 radical (unpaired) electrons. The quantitative estimate of drug-likeness (QED) is 0.691. The molecule has 2 fully saturated rings. The van der Waals surface area contributed by atoms with E-state index in [9.17, 15) is 4.79 Å². The monoisotopic (exact) mass is 434 g/mol. The molecule has 1 heterocycles. The Morgan fingerprint density at radius 1 is 1.23 bits per heavy atom. The normalized spacial score (nSPS) is 25.3. The van der Waals surface area contributed by atoms with Crippen LogP contribution in [0, 0.1) is 11.8 Å². The van der Waals surface area contributed by atoms with Gasteiger partial charge in [-0.1, -0.05) is 11.6 Å². The number of hydrogen-bond acceptors (Lipinski definition) is 6. The van der Waals surface area contributed by atoms with Crippen LogP contribution in [-0.4, -0.2) is 34.7 Å². The van der Waals surface area contributed by atoms with Gasteiger partial charge < -0.3 is 20.3 Å². The van der Waals surface area contributed by atoms with Gasteiger partial charge in [-0.05, 0) is 68.7 Å². The molecule has 2 saturated carbocycles. The van der Waals surface area contributed by atoms with Crippen molar-refractivity contribution in [1.29, 1.82) is 0 Å². The highest BCUT2D eigenvalue weighted by Gasteiger charge is 2.39. The average Bonchev–Trinajstić information content (AvgIpc) is 3.17. The lowest BCUT2D eigenvalue weighted by Crippen LogP contribution is -2.53. The van der Waals surface area contributed by atoms with Crippen LogP contribution in [0.4, 0.5) is 0 Å². The molecule has 8 heteroatoms. The molecular weight excluding hydrogens is 404 g/mol. The number of carbonyl (C=O) groups is 1. The smallest absolute Gasteiger partial charge is 0.227 e. The highest BCUT2D eigenvalue weighted by molar-refractivity contribution is 5.85. The molecule has 7 nitrogen and oxygen atoms in total. The van der Waals surface area contributed by atoms with Gasteiger partial charge in [-0.3, -0.25) is 4.79 Å². The van der Waals surface area contributed by atoms with E-state index in [0.29, 0.717) is 43.0 Å². The minimum absolute atomic E-state index is 0. The van der Waals surface area contributed by atoms with Crippen molar-refractivity contribution in [1.82, 2.24) is 15.5 Å². The summed E-state index contributed by atoms with van der Waals surface area (Å²) in [6, 6.07) is 8.14. The Balaban J connectivity index is 0.00000256. The lowest BCUT2D eigenvalue weighted by molar-refractivity contribution is -0.123. The molecule has 2 unspecified atom stereocenters. The summed E-state index contributed by atoms with van der Waals surface area (Å²) in [7, 11) is 0. The van der Waals surface area contributed by atoms with Gasteiger partial charge in [0, 0.05) is 30.5 Å². The molecule has 2 aromatic rings. The fourth-order valence-electron chi connectivity index (χ4n) is 4.84. The van der Waals surface area contributed by atoms with E-state index in [4.69, 9.17) is 15.0 Å². The fourth-order valence-corrected chi connectivity index (χ4v) is 4.84. The number of halogens is 1. The summed E-state index contributed by atoms with van der Waals surface area (Å²) in [6.07, 6.45) is 6.44. The first-order chi connectivity index (χ1) is 14.1. The van der Waals surface area contributed by atoms with Gasteiger partial charge in [-0.2, -0.15) is 4.98 Å². The zero-order chi connectivity index (χ0) is 20.2. The highest BCUT2D eigenvalue weighted by Crippen LogP contribution is 2.39. The van der Waals surface area contributed by atoms with E-state index < -0.39 is 0 Å². The molecule has 0 saturated heterocycles. The van der Waals surface area contributed by atoms with Gasteiger partial charge in [-0.15, -0.1) is 12.4 Å². The van der Waals surface area contributed by atoms with Crippen LogP contribution in [0.1, 0.15) is 51.3 Å². The molecule has 2 atom stereocenters. The zero-order valence-electron chi connectivity index (χ0n) is 17.4. The molecule has 1 aromatic carbocycles. The first-order valence-electron chi connectivity index (χ1n) is 10.7. The van der Waals surface area contributed by atoms with Gasteiger partial charge >= 0.3 is 0 Å². The van der Waals surface area contributed by atoms with Crippen LogP contribution in [0.5, 0.6) is 5.75 Å². The Labute approximate surface area is 183 Å². The first-order valence-corrected chi connectivity index (χ1v) is 10.7. The second-order valence-corrected chi connectivity index (χ2v) is 8.24. The summed E-state index contributed by atoms with van der Waals surface area (Å²) < 4.78 is 10.8. The van der Waals surface area contributed by atoms with E-state index in [1.54, 1.807) is 0 Å². The largest absolute Gasteiger partial charge is 0.494 e. The number of amides is 1. The van der Waals surface area contributed by atoms with E-state index in [2.05, 4.69) is 15.5 Å². The van der Waals surface area contributed by atoms with Gasteiger partial charge in [0.25, 0.3) is 0 Å². The van der Waals surface area contributed by atoms with Crippen molar-refractivity contribution in [2.24, 2.45) is 17.6 Å². The predicted octanol–water partition coefficient (Wildman–Crippen LogP) is 3.51. The van der Waals surface area contributed by atoms with Crippen LogP contribution in [-0.2, 0) is 11.2 Å². The Morgan fingerprint density at radius 2 is 1.93 bits per heavy atom. The van der Waals surface area contributed by atoms with Crippen molar-refractivity contribution in [3.8, 4) is 17.1 Å². The molecule has 164 valence electrons. The Morgan fingerprint density at radius 3 is 2.60 bits per heavy atom. The lowest BCUT2D eigenvalue weighted by atomic mass is 9.67. The summed E-state index contributed by atoms with van der Waals surface area (Å²) in [5, 5.41) is 7.31. The summed E-state index contributed by atoms with van der Waals surface area (Å²) in [4.78, 5) is 17.0. The summed E-state index contributed by atoms with van der Waals surface area (Å²) in [5.74, 6) is 2.93. The van der Waals surface area contributed by atoms with E-state index in [1.807, 2.05) is 31.2 Å². The average molecular weight is 435 g/mol. The van der Waals surface area contributed by atoms with Crippen LogP contribution in [0.3, 0.4) is 0 Å². The van der Waals surface area contributed by atoms with Gasteiger partial charge in [-0.25, -0.2) is 0 Å². The Bertz CT molecular complexity index is 812. The second kappa shape index (κ2) is 10.3. The summed E-state index contributed by atoms with van der Waals surface area (Å²) >= 11 is 0. The van der Waals surface area contributed by atoms with Crippen LogP contribution in [0.25, 0.3) is 11.4 Å². The van der Waals surface area contributed by atoms with Crippen molar-refractivity contribution in [2.45, 2.75) is 64.0 Å². The van der Waals surface area contributed by atoms with Crippen LogP contribution >= 0.6 is 12.4 Å². The molecule has 0 aliphatic heterocycles. The van der Waals surface area contributed by atoms with Crippen molar-refractivity contribution in [2.75, 3.05) is 6.61 Å². The summed E-state index contributed by atoms with van der Waals surface area (Å²) in [6.45, 7) is 2.58. The maximum Gasteiger partial charge on any atom is 0.227 e. The number of hydrogen-bond donors (Lipinski definition) is 2. The Kier molecular flexibility index (Phi) is 7.72. The van der Waals surface area contributed by atoms with Crippen LogP contribution in [0.2, 0.25) is 0 Å². The number of benzene rings is 1. The third kappa shape index (κ3) is 5.32. The molecule has 2 aliphatic rings. The maximum atomic E-state index is 12.5. The van der Waals surface area contributed by atoms with Crippen molar-refractivity contribution >= 4 is 18.3 Å². The summed E-state index contributed by atoms with van der Waals surface area (Å²) in [5.41, 5.74) is 7.04. The number of nitrogens with zero attached hydrogens (tertiary/aromatic N) is 2. The molecule has 0 spiro atoms. The molecule has 1 aromatic heterocycles. The third-order valence-electron chi connectivity index (χ3n) is 6.16. The highest BCUT2D eigenvalue weighted by atomic mass is 35.5. The number of fused-ring (bicyclic) bond motifs is 2. The zero-order valence-corrected chi connectivity index (χ0v) is 18.2.